The second-order valence-electron chi connectivity index (χ2n) is 7.40. The predicted octanol–water partition coefficient (Wildman–Crippen LogP) is 3.15. The number of carbonyl (C=O) groups excluding carboxylic acids is 1. The van der Waals surface area contributed by atoms with Crippen LogP contribution in [0.2, 0.25) is 0 Å². The predicted molar refractivity (Wildman–Crippen MR) is 118 cm³/mol. The number of anilines is 1. The van der Waals surface area contributed by atoms with E-state index in [2.05, 4.69) is 33.5 Å². The summed E-state index contributed by atoms with van der Waals surface area (Å²) in [5.41, 5.74) is 5.78. The lowest BCUT2D eigenvalue weighted by Gasteiger charge is -2.17. The number of nitrogens with zero attached hydrogens (tertiary/aromatic N) is 4. The molecule has 0 radical (unpaired) electrons. The monoisotopic (exact) mass is 406 g/mol. The number of ether oxygens (including phenoxy) is 1. The zero-order valence-electron chi connectivity index (χ0n) is 17.7. The van der Waals surface area contributed by atoms with Crippen molar-refractivity contribution in [1.82, 2.24) is 24.4 Å². The molecule has 0 fully saturated rings. The average molecular weight is 406 g/mol. The molecule has 0 bridgehead atoms. The molecule has 3 heterocycles. The molecule has 8 heteroatoms. The van der Waals surface area contributed by atoms with Crippen LogP contribution in [0.1, 0.15) is 12.0 Å². The van der Waals surface area contributed by atoms with E-state index in [0.717, 1.165) is 44.7 Å². The number of pyridine rings is 1. The van der Waals surface area contributed by atoms with Crippen LogP contribution in [0, 0.1) is 0 Å². The molecule has 0 aliphatic heterocycles. The highest BCUT2D eigenvalue weighted by Crippen LogP contribution is 2.31. The number of imidazole rings is 1. The molecule has 4 aromatic rings. The second kappa shape index (κ2) is 8.16. The number of aromatic amines is 1. The Morgan fingerprint density at radius 2 is 2.17 bits per heavy atom. The van der Waals surface area contributed by atoms with Crippen LogP contribution in [-0.4, -0.2) is 58.1 Å². The summed E-state index contributed by atoms with van der Waals surface area (Å²) in [6.45, 7) is 0.979. The number of H-pyrrole nitrogens is 1. The average Bonchev–Trinajstić information content (AvgIpc) is 3.35. The van der Waals surface area contributed by atoms with Gasteiger partial charge in [-0.3, -0.25) is 4.79 Å². The van der Waals surface area contributed by atoms with Gasteiger partial charge >= 0.3 is 0 Å². The van der Waals surface area contributed by atoms with E-state index in [4.69, 9.17) is 9.72 Å². The van der Waals surface area contributed by atoms with Crippen molar-refractivity contribution in [3.63, 3.8) is 0 Å². The topological polar surface area (TPSA) is 88.1 Å². The first-order valence-electron chi connectivity index (χ1n) is 9.85. The summed E-state index contributed by atoms with van der Waals surface area (Å²) in [5, 5.41) is 4.15. The maximum atomic E-state index is 12.2. The minimum atomic E-state index is 0.0651. The number of hydrogen-bond donors (Lipinski definition) is 2. The largest absolute Gasteiger partial charge is 0.384 e. The fourth-order valence-electron chi connectivity index (χ4n) is 3.71. The van der Waals surface area contributed by atoms with E-state index in [9.17, 15) is 4.79 Å². The molecule has 156 valence electrons. The standard InChI is InChI=1S/C22H26N6O2/c1-23-22-19-20(28(3)13-24-19)16-11-17(25-21(16)26-22)15-7-5-6-14(10-15)12-27(2)18(29)8-9-30-4/h5-7,10-11,13H,8-9,12H2,1-4H3,(H2,23,25,26). The van der Waals surface area contributed by atoms with E-state index in [0.29, 0.717) is 19.6 Å². The highest BCUT2D eigenvalue weighted by atomic mass is 16.5. The zero-order chi connectivity index (χ0) is 21.3. The van der Waals surface area contributed by atoms with Crippen LogP contribution in [0.5, 0.6) is 0 Å². The van der Waals surface area contributed by atoms with Crippen molar-refractivity contribution in [2.45, 2.75) is 13.0 Å². The summed E-state index contributed by atoms with van der Waals surface area (Å²) in [7, 11) is 7.25. The lowest BCUT2D eigenvalue weighted by molar-refractivity contribution is -0.131. The number of aryl methyl sites for hydroxylation is 1. The van der Waals surface area contributed by atoms with E-state index in [-0.39, 0.29) is 5.91 Å². The highest BCUT2D eigenvalue weighted by Gasteiger charge is 2.15. The smallest absolute Gasteiger partial charge is 0.224 e. The summed E-state index contributed by atoms with van der Waals surface area (Å²) < 4.78 is 7.01. The number of benzene rings is 1. The van der Waals surface area contributed by atoms with Gasteiger partial charge < -0.3 is 24.5 Å². The molecule has 0 saturated carbocycles. The van der Waals surface area contributed by atoms with Crippen molar-refractivity contribution >= 4 is 33.8 Å². The Morgan fingerprint density at radius 3 is 2.93 bits per heavy atom. The number of carbonyl (C=O) groups is 1. The Kier molecular flexibility index (Phi) is 5.41. The Labute approximate surface area is 174 Å². The molecule has 0 aliphatic rings. The molecule has 0 aliphatic carbocycles. The van der Waals surface area contributed by atoms with Crippen LogP contribution in [0.3, 0.4) is 0 Å². The molecule has 1 amide bonds. The van der Waals surface area contributed by atoms with E-state index >= 15 is 0 Å². The zero-order valence-corrected chi connectivity index (χ0v) is 17.7. The molecule has 30 heavy (non-hydrogen) atoms. The van der Waals surface area contributed by atoms with Gasteiger partial charge in [0.25, 0.3) is 0 Å². The summed E-state index contributed by atoms with van der Waals surface area (Å²) in [5.74, 6) is 0.812. The van der Waals surface area contributed by atoms with Gasteiger partial charge in [-0.1, -0.05) is 18.2 Å². The van der Waals surface area contributed by atoms with Crippen molar-refractivity contribution in [2.75, 3.05) is 33.1 Å². The minimum Gasteiger partial charge on any atom is -0.384 e. The second-order valence-corrected chi connectivity index (χ2v) is 7.40. The lowest BCUT2D eigenvalue weighted by Crippen LogP contribution is -2.26. The van der Waals surface area contributed by atoms with E-state index in [1.165, 1.54) is 0 Å². The normalized spacial score (nSPS) is 11.3. The number of hydrogen-bond acceptors (Lipinski definition) is 5. The maximum Gasteiger partial charge on any atom is 0.224 e. The molecule has 0 spiro atoms. The van der Waals surface area contributed by atoms with Crippen LogP contribution < -0.4 is 5.32 Å². The first kappa shape index (κ1) is 19.9. The maximum absolute atomic E-state index is 12.2. The van der Waals surface area contributed by atoms with Crippen molar-refractivity contribution in [2.24, 2.45) is 7.05 Å². The Balaban J connectivity index is 1.68. The van der Waals surface area contributed by atoms with E-state index in [1.54, 1.807) is 18.3 Å². The van der Waals surface area contributed by atoms with Crippen LogP contribution >= 0.6 is 0 Å². The molecule has 3 aromatic heterocycles. The number of rotatable bonds is 7. The van der Waals surface area contributed by atoms with Gasteiger partial charge in [0.2, 0.25) is 5.91 Å². The van der Waals surface area contributed by atoms with Gasteiger partial charge in [0.15, 0.2) is 5.82 Å². The quantitative estimate of drug-likeness (QED) is 0.492. The lowest BCUT2D eigenvalue weighted by atomic mass is 10.1. The Hall–Kier alpha value is -3.39. The Bertz CT molecular complexity index is 1210. The molecule has 4 rings (SSSR count). The SMILES string of the molecule is CNc1nc2[nH]c(-c3cccc(CN(C)C(=O)CCOC)c3)cc2c2c1ncn2C. The fourth-order valence-corrected chi connectivity index (χ4v) is 3.71. The number of amides is 1. The number of aromatic nitrogens is 4. The molecule has 2 N–H and O–H groups in total. The number of nitrogens with one attached hydrogen (secondary N) is 2. The number of methoxy groups -OCH3 is 1. The third-order valence-corrected chi connectivity index (χ3v) is 5.28. The van der Waals surface area contributed by atoms with Gasteiger partial charge in [-0.15, -0.1) is 0 Å². The summed E-state index contributed by atoms with van der Waals surface area (Å²) >= 11 is 0. The molecule has 0 unspecified atom stereocenters. The molecule has 0 atom stereocenters. The first-order valence-corrected chi connectivity index (χ1v) is 9.85. The van der Waals surface area contributed by atoms with Gasteiger partial charge in [0, 0.05) is 45.9 Å². The van der Waals surface area contributed by atoms with Crippen LogP contribution in [0.25, 0.3) is 33.3 Å². The van der Waals surface area contributed by atoms with Crippen LogP contribution in [-0.2, 0) is 23.1 Å². The third kappa shape index (κ3) is 3.61. The van der Waals surface area contributed by atoms with Crippen LogP contribution in [0.4, 0.5) is 5.82 Å². The van der Waals surface area contributed by atoms with E-state index < -0.39 is 0 Å². The van der Waals surface area contributed by atoms with Gasteiger partial charge in [-0.25, -0.2) is 9.97 Å². The summed E-state index contributed by atoms with van der Waals surface area (Å²) in [6, 6.07) is 10.3. The van der Waals surface area contributed by atoms with Gasteiger partial charge in [0.1, 0.15) is 11.2 Å². The summed E-state index contributed by atoms with van der Waals surface area (Å²) in [6.07, 6.45) is 2.19. The number of fused-ring (bicyclic) bond motifs is 3. The van der Waals surface area contributed by atoms with Gasteiger partial charge in [-0.2, -0.15) is 0 Å². The van der Waals surface area contributed by atoms with Gasteiger partial charge in [0.05, 0.1) is 24.9 Å². The van der Waals surface area contributed by atoms with E-state index in [1.807, 2.05) is 37.8 Å². The minimum absolute atomic E-state index is 0.0651. The van der Waals surface area contributed by atoms with Gasteiger partial charge in [-0.05, 0) is 23.3 Å². The van der Waals surface area contributed by atoms with Crippen molar-refractivity contribution in [3.8, 4) is 11.3 Å². The van der Waals surface area contributed by atoms with Crippen molar-refractivity contribution in [3.05, 3.63) is 42.2 Å². The molecule has 1 aromatic carbocycles. The third-order valence-electron chi connectivity index (χ3n) is 5.28. The Morgan fingerprint density at radius 1 is 1.33 bits per heavy atom. The molecular weight excluding hydrogens is 380 g/mol. The molecular formula is C22H26N6O2. The molecule has 8 nitrogen and oxygen atoms in total. The fraction of sp³-hybridized carbons (Fsp3) is 0.318. The highest BCUT2D eigenvalue weighted by molar-refractivity contribution is 6.07. The van der Waals surface area contributed by atoms with Crippen molar-refractivity contribution < 1.29 is 9.53 Å². The van der Waals surface area contributed by atoms with Crippen LogP contribution in [0.15, 0.2) is 36.7 Å². The first-order chi connectivity index (χ1) is 14.5. The summed E-state index contributed by atoms with van der Waals surface area (Å²) in [4.78, 5) is 26.5. The van der Waals surface area contributed by atoms with Crippen molar-refractivity contribution in [1.29, 1.82) is 0 Å². The molecule has 0 saturated heterocycles.